The van der Waals surface area contributed by atoms with Crippen LogP contribution >= 0.6 is 0 Å². The minimum absolute atomic E-state index is 0.0299. The first-order chi connectivity index (χ1) is 12.4. The number of hydrogen-bond donors (Lipinski definition) is 3. The van der Waals surface area contributed by atoms with Gasteiger partial charge in [0.05, 0.1) is 16.5 Å². The van der Waals surface area contributed by atoms with E-state index in [-0.39, 0.29) is 10.5 Å². The van der Waals surface area contributed by atoms with Crippen LogP contribution in [0.5, 0.6) is 0 Å². The van der Waals surface area contributed by atoms with Crippen LogP contribution in [0.25, 0.3) is 10.9 Å². The second kappa shape index (κ2) is 6.26. The van der Waals surface area contributed by atoms with Gasteiger partial charge in [0.15, 0.2) is 5.82 Å². The van der Waals surface area contributed by atoms with Crippen LogP contribution in [0.15, 0.2) is 46.2 Å². The Hall–Kier alpha value is -2.65. The third kappa shape index (κ3) is 2.99. The molecular weight excluding hydrogens is 354 g/mol. The quantitative estimate of drug-likeness (QED) is 0.647. The number of primary sulfonamides is 1. The monoisotopic (exact) mass is 373 g/mol. The molecule has 1 fully saturated rings. The van der Waals surface area contributed by atoms with Gasteiger partial charge in [0.1, 0.15) is 5.39 Å². The van der Waals surface area contributed by atoms with Gasteiger partial charge in [-0.2, -0.15) is 5.10 Å². The normalized spacial score (nSPS) is 15.6. The highest BCUT2D eigenvalue weighted by molar-refractivity contribution is 7.89. The molecular formula is C17H19N5O3S. The molecule has 0 atom stereocenters. The van der Waals surface area contributed by atoms with E-state index in [0.717, 1.165) is 31.2 Å². The van der Waals surface area contributed by atoms with E-state index in [1.165, 1.54) is 12.1 Å². The van der Waals surface area contributed by atoms with Crippen molar-refractivity contribution in [2.24, 2.45) is 5.14 Å². The summed E-state index contributed by atoms with van der Waals surface area (Å²) in [5.74, 6) is 0.456. The van der Waals surface area contributed by atoms with Crippen LogP contribution in [0, 0.1) is 0 Å². The number of anilines is 2. The predicted molar refractivity (Wildman–Crippen MR) is 99.0 cm³/mol. The lowest BCUT2D eigenvalue weighted by atomic mass is 10.2. The van der Waals surface area contributed by atoms with E-state index in [0.29, 0.717) is 22.9 Å². The Morgan fingerprint density at radius 2 is 1.85 bits per heavy atom. The summed E-state index contributed by atoms with van der Waals surface area (Å²) in [4.78, 5) is 15.1. The van der Waals surface area contributed by atoms with Gasteiger partial charge in [0.25, 0.3) is 5.56 Å². The molecule has 4 rings (SSSR count). The summed E-state index contributed by atoms with van der Waals surface area (Å²) < 4.78 is 24.7. The topological polar surface area (TPSA) is 123 Å². The Kier molecular flexibility index (Phi) is 4.04. The summed E-state index contributed by atoms with van der Waals surface area (Å²) in [7, 11) is -3.74. The molecule has 1 saturated carbocycles. The summed E-state index contributed by atoms with van der Waals surface area (Å²) >= 11 is 0. The van der Waals surface area contributed by atoms with E-state index in [1.807, 2.05) is 10.7 Å². The van der Waals surface area contributed by atoms with Crippen molar-refractivity contribution in [1.82, 2.24) is 14.8 Å². The molecule has 1 aliphatic rings. The van der Waals surface area contributed by atoms with Gasteiger partial charge in [0.2, 0.25) is 10.0 Å². The molecule has 136 valence electrons. The number of fused-ring (bicyclic) bond motifs is 1. The number of sulfonamides is 1. The van der Waals surface area contributed by atoms with Crippen LogP contribution < -0.4 is 16.0 Å². The van der Waals surface area contributed by atoms with E-state index in [4.69, 9.17) is 5.14 Å². The van der Waals surface area contributed by atoms with Crippen molar-refractivity contribution in [3.05, 3.63) is 46.9 Å². The van der Waals surface area contributed by atoms with Gasteiger partial charge < -0.3 is 10.3 Å². The van der Waals surface area contributed by atoms with E-state index >= 15 is 0 Å². The molecule has 0 unspecified atom stereocenters. The van der Waals surface area contributed by atoms with Crippen LogP contribution in [-0.4, -0.2) is 23.2 Å². The maximum Gasteiger partial charge on any atom is 0.261 e. The molecule has 1 aliphatic carbocycles. The molecule has 0 radical (unpaired) electrons. The number of H-pyrrole nitrogens is 1. The fourth-order valence-electron chi connectivity index (χ4n) is 3.48. The van der Waals surface area contributed by atoms with E-state index in [1.54, 1.807) is 18.3 Å². The molecule has 9 heteroatoms. The van der Waals surface area contributed by atoms with Gasteiger partial charge in [-0.05, 0) is 43.2 Å². The smallest absolute Gasteiger partial charge is 0.261 e. The molecule has 3 aromatic rings. The minimum Gasteiger partial charge on any atom is -0.338 e. The zero-order valence-electron chi connectivity index (χ0n) is 14.0. The SMILES string of the molecule is NS(=O)(=O)c1ccc(Nc2nn(C3CCCC3)c3cc[nH]c(=O)c23)cc1. The Bertz CT molecular complexity index is 1110. The lowest BCUT2D eigenvalue weighted by molar-refractivity contribution is 0.483. The molecule has 0 amide bonds. The Labute approximate surface area is 150 Å². The van der Waals surface area contributed by atoms with Crippen LogP contribution in [0.1, 0.15) is 31.7 Å². The first-order valence-electron chi connectivity index (χ1n) is 8.43. The highest BCUT2D eigenvalue weighted by atomic mass is 32.2. The van der Waals surface area contributed by atoms with Crippen LogP contribution in [0.4, 0.5) is 11.5 Å². The largest absolute Gasteiger partial charge is 0.338 e. The Balaban J connectivity index is 1.75. The highest BCUT2D eigenvalue weighted by Crippen LogP contribution is 2.33. The fraction of sp³-hybridized carbons (Fsp3) is 0.294. The minimum atomic E-state index is -3.74. The summed E-state index contributed by atoms with van der Waals surface area (Å²) in [6.07, 6.45) is 6.04. The van der Waals surface area contributed by atoms with E-state index in [2.05, 4.69) is 15.4 Å². The maximum atomic E-state index is 12.4. The summed E-state index contributed by atoms with van der Waals surface area (Å²) in [5.41, 5.74) is 1.21. The van der Waals surface area contributed by atoms with E-state index < -0.39 is 10.0 Å². The molecule has 0 spiro atoms. The average molecular weight is 373 g/mol. The third-order valence-electron chi connectivity index (χ3n) is 4.75. The van der Waals surface area contributed by atoms with Gasteiger partial charge in [-0.25, -0.2) is 13.6 Å². The molecule has 4 N–H and O–H groups in total. The zero-order chi connectivity index (χ0) is 18.3. The number of benzene rings is 1. The Morgan fingerprint density at radius 1 is 1.15 bits per heavy atom. The van der Waals surface area contributed by atoms with Crippen LogP contribution in [0.2, 0.25) is 0 Å². The van der Waals surface area contributed by atoms with Gasteiger partial charge in [-0.3, -0.25) is 9.48 Å². The number of aromatic nitrogens is 3. The molecule has 26 heavy (non-hydrogen) atoms. The summed E-state index contributed by atoms with van der Waals surface area (Å²) in [6, 6.07) is 8.17. The van der Waals surface area contributed by atoms with Crippen molar-refractivity contribution >= 4 is 32.4 Å². The fourth-order valence-corrected chi connectivity index (χ4v) is 3.99. The number of nitrogens with one attached hydrogen (secondary N) is 2. The van der Waals surface area contributed by atoms with Crippen LogP contribution in [0.3, 0.4) is 0 Å². The average Bonchev–Trinajstić information content (AvgIpc) is 3.23. The van der Waals surface area contributed by atoms with Gasteiger partial charge in [-0.15, -0.1) is 0 Å². The third-order valence-corrected chi connectivity index (χ3v) is 5.68. The second-order valence-electron chi connectivity index (χ2n) is 6.49. The molecule has 0 saturated heterocycles. The zero-order valence-corrected chi connectivity index (χ0v) is 14.8. The van der Waals surface area contributed by atoms with Gasteiger partial charge >= 0.3 is 0 Å². The number of hydrogen-bond acceptors (Lipinski definition) is 5. The first kappa shape index (κ1) is 16.8. The van der Waals surface area contributed by atoms with Gasteiger partial charge in [0, 0.05) is 11.9 Å². The Morgan fingerprint density at radius 3 is 2.50 bits per heavy atom. The van der Waals surface area contributed by atoms with Crippen molar-refractivity contribution in [3.8, 4) is 0 Å². The summed E-state index contributed by atoms with van der Waals surface area (Å²) in [6.45, 7) is 0. The lowest BCUT2D eigenvalue weighted by Crippen LogP contribution is -2.11. The number of rotatable bonds is 4. The van der Waals surface area contributed by atoms with Crippen LogP contribution in [-0.2, 0) is 10.0 Å². The number of aromatic amines is 1. The van der Waals surface area contributed by atoms with Crippen molar-refractivity contribution in [2.45, 2.75) is 36.6 Å². The standard InChI is InChI=1S/C17H19N5O3S/c18-26(24,25)13-7-5-11(6-8-13)20-16-15-14(9-10-19-17(15)23)22(21-16)12-3-1-2-4-12/h5-10,12H,1-4H2,(H,19,23)(H,20,21)(H2,18,24,25). The number of pyridine rings is 1. The first-order valence-corrected chi connectivity index (χ1v) is 9.98. The van der Waals surface area contributed by atoms with Crippen molar-refractivity contribution < 1.29 is 8.42 Å². The van der Waals surface area contributed by atoms with Gasteiger partial charge in [-0.1, -0.05) is 12.8 Å². The molecule has 0 bridgehead atoms. The maximum absolute atomic E-state index is 12.4. The van der Waals surface area contributed by atoms with E-state index in [9.17, 15) is 13.2 Å². The molecule has 2 aromatic heterocycles. The van der Waals surface area contributed by atoms with Crippen molar-refractivity contribution in [1.29, 1.82) is 0 Å². The number of nitrogens with two attached hydrogens (primary N) is 1. The molecule has 0 aliphatic heterocycles. The molecule has 8 nitrogen and oxygen atoms in total. The number of nitrogens with zero attached hydrogens (tertiary/aromatic N) is 2. The molecule has 2 heterocycles. The lowest BCUT2D eigenvalue weighted by Gasteiger charge is -2.10. The summed E-state index contributed by atoms with van der Waals surface area (Å²) in [5, 5.41) is 13.4. The highest BCUT2D eigenvalue weighted by Gasteiger charge is 2.23. The second-order valence-corrected chi connectivity index (χ2v) is 8.05. The van der Waals surface area contributed by atoms with Crippen molar-refractivity contribution in [2.75, 3.05) is 5.32 Å². The molecule has 1 aromatic carbocycles. The van der Waals surface area contributed by atoms with Crippen molar-refractivity contribution in [3.63, 3.8) is 0 Å². The predicted octanol–water partition coefficient (Wildman–Crippen LogP) is 2.23.